The van der Waals surface area contributed by atoms with E-state index in [1.807, 2.05) is 30.3 Å². The van der Waals surface area contributed by atoms with Crippen LogP contribution in [0.4, 0.5) is 0 Å². The van der Waals surface area contributed by atoms with Gasteiger partial charge in [0.1, 0.15) is 0 Å². The van der Waals surface area contributed by atoms with Crippen molar-refractivity contribution < 1.29 is 9.28 Å². The van der Waals surface area contributed by atoms with E-state index in [0.717, 1.165) is 16.6 Å². The number of piperidine rings is 3. The van der Waals surface area contributed by atoms with Gasteiger partial charge in [0.05, 0.1) is 39.1 Å². The quantitative estimate of drug-likeness (QED) is 0.821. The molecular weight excluding hydrogens is 236 g/mol. The molecule has 1 aromatic rings. The van der Waals surface area contributed by atoms with Gasteiger partial charge in [-0.2, -0.15) is 0 Å². The van der Waals surface area contributed by atoms with Crippen LogP contribution in [0, 0.1) is 5.92 Å². The Kier molecular flexibility index (Phi) is 3.31. The Balaban J connectivity index is 1.58. The Hall–Kier alpha value is -1.35. The zero-order chi connectivity index (χ0) is 13.3. The fourth-order valence-electron chi connectivity index (χ4n) is 3.62. The lowest BCUT2D eigenvalue weighted by Gasteiger charge is -2.50. The number of fused-ring (bicyclic) bond motifs is 3. The molecule has 1 atom stereocenters. The summed E-state index contributed by atoms with van der Waals surface area (Å²) in [5.41, 5.74) is 1.10. The number of carbonyl (C=O) groups excluding carboxylic acids is 1. The third kappa shape index (κ3) is 2.81. The third-order valence-corrected chi connectivity index (χ3v) is 4.84. The normalized spacial score (nSPS) is 33.1. The molecular formula is C16H23N2O+. The lowest BCUT2D eigenvalue weighted by Crippen LogP contribution is -2.65. The second-order valence-corrected chi connectivity index (χ2v) is 6.42. The van der Waals surface area contributed by atoms with Crippen molar-refractivity contribution in [3.8, 4) is 0 Å². The average Bonchev–Trinajstić information content (AvgIpc) is 2.40. The Morgan fingerprint density at radius 1 is 1.26 bits per heavy atom. The Morgan fingerprint density at radius 2 is 1.95 bits per heavy atom. The van der Waals surface area contributed by atoms with Crippen LogP contribution in [-0.2, 0) is 11.2 Å². The number of carbonyl (C=O) groups is 1. The Bertz CT molecular complexity index is 449. The van der Waals surface area contributed by atoms with Crippen molar-refractivity contribution in [2.24, 2.45) is 5.92 Å². The van der Waals surface area contributed by atoms with Crippen LogP contribution >= 0.6 is 0 Å². The maximum absolute atomic E-state index is 12.1. The summed E-state index contributed by atoms with van der Waals surface area (Å²) in [6.07, 6.45) is 3.05. The van der Waals surface area contributed by atoms with Gasteiger partial charge in [0.2, 0.25) is 5.91 Å². The molecule has 0 spiro atoms. The zero-order valence-electron chi connectivity index (χ0n) is 11.6. The summed E-state index contributed by atoms with van der Waals surface area (Å²) >= 11 is 0. The number of nitrogens with one attached hydrogen (secondary N) is 1. The first-order valence-electron chi connectivity index (χ1n) is 7.31. The maximum atomic E-state index is 12.1. The molecule has 0 aromatic heterocycles. The molecule has 0 saturated carbocycles. The number of hydrogen-bond donors (Lipinski definition) is 1. The van der Waals surface area contributed by atoms with E-state index in [4.69, 9.17) is 0 Å². The highest BCUT2D eigenvalue weighted by atomic mass is 16.1. The van der Waals surface area contributed by atoms with E-state index in [1.165, 1.54) is 25.9 Å². The van der Waals surface area contributed by atoms with E-state index < -0.39 is 0 Å². The van der Waals surface area contributed by atoms with Crippen LogP contribution in [0.25, 0.3) is 0 Å². The molecule has 2 bridgehead atoms. The number of quaternary nitrogens is 1. The smallest absolute Gasteiger partial charge is 0.224 e. The van der Waals surface area contributed by atoms with Crippen molar-refractivity contribution in [3.63, 3.8) is 0 Å². The third-order valence-electron chi connectivity index (χ3n) is 4.84. The molecule has 3 nitrogen and oxygen atoms in total. The molecule has 3 heteroatoms. The molecule has 1 amide bonds. The first-order chi connectivity index (χ1) is 9.15. The van der Waals surface area contributed by atoms with Gasteiger partial charge in [-0.3, -0.25) is 4.79 Å². The molecule has 3 aliphatic rings. The molecule has 0 aliphatic carbocycles. The summed E-state index contributed by atoms with van der Waals surface area (Å²) in [5, 5.41) is 3.27. The summed E-state index contributed by atoms with van der Waals surface area (Å²) in [5.74, 6) is 0.885. The van der Waals surface area contributed by atoms with E-state index in [-0.39, 0.29) is 5.91 Å². The predicted molar refractivity (Wildman–Crippen MR) is 75.6 cm³/mol. The van der Waals surface area contributed by atoms with Crippen molar-refractivity contribution >= 4 is 5.91 Å². The van der Waals surface area contributed by atoms with Gasteiger partial charge >= 0.3 is 0 Å². The van der Waals surface area contributed by atoms with Crippen LogP contribution in [-0.4, -0.2) is 43.1 Å². The largest absolute Gasteiger partial charge is 0.347 e. The summed E-state index contributed by atoms with van der Waals surface area (Å²) in [6.45, 7) is 3.69. The molecule has 3 aliphatic heterocycles. The van der Waals surface area contributed by atoms with Gasteiger partial charge in [-0.25, -0.2) is 0 Å². The fourth-order valence-corrected chi connectivity index (χ4v) is 3.62. The molecule has 1 unspecified atom stereocenters. The minimum absolute atomic E-state index is 0.177. The summed E-state index contributed by atoms with van der Waals surface area (Å²) in [6, 6.07) is 10.4. The van der Waals surface area contributed by atoms with Gasteiger partial charge in [0.15, 0.2) is 0 Å². The van der Waals surface area contributed by atoms with E-state index in [0.29, 0.717) is 18.4 Å². The Labute approximate surface area is 115 Å². The van der Waals surface area contributed by atoms with Gasteiger partial charge in [0, 0.05) is 12.8 Å². The van der Waals surface area contributed by atoms with E-state index in [9.17, 15) is 4.79 Å². The number of amides is 1. The van der Waals surface area contributed by atoms with Crippen LogP contribution in [0.2, 0.25) is 0 Å². The molecule has 1 N–H and O–H groups in total. The van der Waals surface area contributed by atoms with Gasteiger partial charge in [-0.05, 0) is 11.5 Å². The number of nitrogens with zero attached hydrogens (tertiary/aromatic N) is 1. The molecule has 102 valence electrons. The van der Waals surface area contributed by atoms with E-state index >= 15 is 0 Å². The maximum Gasteiger partial charge on any atom is 0.224 e. The highest BCUT2D eigenvalue weighted by Crippen LogP contribution is 2.32. The Morgan fingerprint density at radius 3 is 2.58 bits per heavy atom. The van der Waals surface area contributed by atoms with Gasteiger partial charge in [0.25, 0.3) is 0 Å². The second kappa shape index (κ2) is 4.97. The summed E-state index contributed by atoms with van der Waals surface area (Å²) in [4.78, 5) is 12.1. The number of likely N-dealkylation sites (N-methyl/N-ethyl adjacent to an activating group) is 1. The molecule has 3 heterocycles. The van der Waals surface area contributed by atoms with Gasteiger partial charge in [-0.15, -0.1) is 0 Å². The summed E-state index contributed by atoms with van der Waals surface area (Å²) in [7, 11) is 2.33. The lowest BCUT2D eigenvalue weighted by molar-refractivity contribution is -0.925. The predicted octanol–water partition coefficient (Wildman–Crippen LogP) is 1.58. The number of hydrogen-bond acceptors (Lipinski definition) is 1. The molecule has 3 fully saturated rings. The molecule has 1 aromatic carbocycles. The molecule has 19 heavy (non-hydrogen) atoms. The van der Waals surface area contributed by atoms with Crippen LogP contribution < -0.4 is 5.32 Å². The van der Waals surface area contributed by atoms with Crippen molar-refractivity contribution in [2.75, 3.05) is 26.7 Å². The van der Waals surface area contributed by atoms with Crippen molar-refractivity contribution in [1.82, 2.24) is 5.32 Å². The molecule has 3 saturated heterocycles. The monoisotopic (exact) mass is 259 g/mol. The topological polar surface area (TPSA) is 29.1 Å². The first-order valence-corrected chi connectivity index (χ1v) is 7.31. The van der Waals surface area contributed by atoms with Gasteiger partial charge < -0.3 is 9.80 Å². The fraction of sp³-hybridized carbons (Fsp3) is 0.562. The van der Waals surface area contributed by atoms with Gasteiger partial charge in [-0.1, -0.05) is 30.3 Å². The van der Waals surface area contributed by atoms with Crippen molar-refractivity contribution in [2.45, 2.75) is 25.3 Å². The van der Waals surface area contributed by atoms with Crippen LogP contribution in [0.3, 0.4) is 0 Å². The SMILES string of the molecule is C[N+]12CCC(CC1)C(NC(=O)Cc1ccccc1)C2. The second-order valence-electron chi connectivity index (χ2n) is 6.42. The van der Waals surface area contributed by atoms with Crippen LogP contribution in [0.1, 0.15) is 18.4 Å². The van der Waals surface area contributed by atoms with E-state index in [2.05, 4.69) is 12.4 Å². The minimum atomic E-state index is 0.177. The molecule has 0 radical (unpaired) electrons. The minimum Gasteiger partial charge on any atom is -0.347 e. The highest BCUT2D eigenvalue weighted by Gasteiger charge is 2.43. The van der Waals surface area contributed by atoms with Crippen molar-refractivity contribution in [1.29, 1.82) is 0 Å². The first kappa shape index (κ1) is 12.7. The number of rotatable bonds is 3. The molecule has 4 rings (SSSR count). The highest BCUT2D eigenvalue weighted by molar-refractivity contribution is 5.78. The van der Waals surface area contributed by atoms with E-state index in [1.54, 1.807) is 0 Å². The van der Waals surface area contributed by atoms with Crippen LogP contribution in [0.15, 0.2) is 30.3 Å². The average molecular weight is 259 g/mol. The van der Waals surface area contributed by atoms with Crippen molar-refractivity contribution in [3.05, 3.63) is 35.9 Å². The lowest BCUT2D eigenvalue weighted by atomic mass is 9.82. The standard InChI is InChI=1S/C16H22N2O/c1-18-9-7-14(8-10-18)15(12-18)17-16(19)11-13-5-3-2-4-6-13/h2-6,14-15H,7-12H2,1H3/p+1. The zero-order valence-corrected chi connectivity index (χ0v) is 11.6. The number of benzene rings is 1. The van der Waals surface area contributed by atoms with Crippen LogP contribution in [0.5, 0.6) is 0 Å². The summed E-state index contributed by atoms with van der Waals surface area (Å²) < 4.78 is 1.15.